The molecule has 0 aliphatic carbocycles. The van der Waals surface area contributed by atoms with Gasteiger partial charge in [-0.2, -0.15) is 0 Å². The summed E-state index contributed by atoms with van der Waals surface area (Å²) in [6, 6.07) is -0.727. The van der Waals surface area contributed by atoms with Crippen molar-refractivity contribution in [1.82, 2.24) is 0 Å². The van der Waals surface area contributed by atoms with E-state index in [1.807, 2.05) is 21.1 Å². The van der Waals surface area contributed by atoms with E-state index < -0.39 is 18.1 Å². The molecular weight excluding hydrogens is 811 g/mol. The van der Waals surface area contributed by atoms with Gasteiger partial charge in [-0.25, -0.2) is 0 Å². The Morgan fingerprint density at radius 3 is 1.22 bits per heavy atom. The van der Waals surface area contributed by atoms with Crippen LogP contribution in [-0.2, 0) is 28.6 Å². The molecule has 0 spiro atoms. The second kappa shape index (κ2) is 48.0. The maximum atomic E-state index is 12.8. The van der Waals surface area contributed by atoms with Crippen molar-refractivity contribution in [3.63, 3.8) is 0 Å². The van der Waals surface area contributed by atoms with Gasteiger partial charge in [-0.05, 0) is 64.2 Å². The molecule has 0 aliphatic rings. The molecule has 0 radical (unpaired) electrons. The number of unbranched alkanes of at least 4 members (excludes halogenated alkanes) is 31. The molecule has 0 heterocycles. The van der Waals surface area contributed by atoms with Gasteiger partial charge in [0.2, 0.25) is 0 Å². The lowest BCUT2D eigenvalue weighted by atomic mass is 10.1. The summed E-state index contributed by atoms with van der Waals surface area (Å²) in [5, 5.41) is 11.7. The Hall–Kier alpha value is -2.45. The Labute approximate surface area is 402 Å². The van der Waals surface area contributed by atoms with Crippen LogP contribution in [0, 0.1) is 0 Å². The van der Waals surface area contributed by atoms with E-state index in [0.717, 1.165) is 38.5 Å². The smallest absolute Gasteiger partial charge is 0.306 e. The van der Waals surface area contributed by atoms with Crippen molar-refractivity contribution in [3.05, 3.63) is 36.5 Å². The zero-order chi connectivity index (χ0) is 47.7. The number of esters is 2. The average molecular weight is 916 g/mol. The second-order valence-electron chi connectivity index (χ2n) is 19.8. The van der Waals surface area contributed by atoms with E-state index in [0.29, 0.717) is 12.8 Å². The van der Waals surface area contributed by atoms with Gasteiger partial charge in [-0.15, -0.1) is 0 Å². The second-order valence-corrected chi connectivity index (χ2v) is 19.8. The molecule has 380 valence electrons. The first-order valence-corrected chi connectivity index (χ1v) is 27.5. The van der Waals surface area contributed by atoms with Crippen molar-refractivity contribution >= 4 is 17.9 Å². The molecule has 0 N–H and O–H groups in total. The predicted octanol–water partition coefficient (Wildman–Crippen LogP) is 14.8. The number of carbonyl (C=O) groups excluding carboxylic acids is 3. The van der Waals surface area contributed by atoms with Crippen LogP contribution in [-0.4, -0.2) is 75.5 Å². The summed E-state index contributed by atoms with van der Waals surface area (Å²) in [6.45, 7) is 4.68. The van der Waals surface area contributed by atoms with Crippen LogP contribution >= 0.6 is 0 Å². The quantitative estimate of drug-likeness (QED) is 0.0197. The summed E-state index contributed by atoms with van der Waals surface area (Å²) in [5.74, 6) is -1.73. The summed E-state index contributed by atoms with van der Waals surface area (Å²) in [4.78, 5) is 37.1. The van der Waals surface area contributed by atoms with Gasteiger partial charge in [0, 0.05) is 19.3 Å². The molecule has 0 saturated carbocycles. The number of allylic oxidation sites excluding steroid dienone is 6. The van der Waals surface area contributed by atoms with Gasteiger partial charge >= 0.3 is 11.9 Å². The first-order chi connectivity index (χ1) is 31.6. The van der Waals surface area contributed by atoms with E-state index in [1.54, 1.807) is 0 Å². The molecule has 8 nitrogen and oxygen atoms in total. The van der Waals surface area contributed by atoms with Crippen molar-refractivity contribution in [2.45, 2.75) is 270 Å². The highest BCUT2D eigenvalue weighted by molar-refractivity contribution is 5.70. The SMILES string of the molecule is CCCCCC/C=C/C=C/CCCCCCCCCCCCC(=O)OCC(COCCC(C(=O)[O-])[N+](C)(C)C)OC(=O)CCCCCCCCC/C=C/CCCCCCCCCCCC. The Morgan fingerprint density at radius 1 is 0.462 bits per heavy atom. The fraction of sp³-hybridized carbons (Fsp3) is 0.842. The van der Waals surface area contributed by atoms with Crippen LogP contribution in [0.1, 0.15) is 258 Å². The van der Waals surface area contributed by atoms with Crippen molar-refractivity contribution in [2.24, 2.45) is 0 Å². The molecule has 0 fully saturated rings. The lowest BCUT2D eigenvalue weighted by Crippen LogP contribution is -2.55. The summed E-state index contributed by atoms with van der Waals surface area (Å²) >= 11 is 0. The van der Waals surface area contributed by atoms with Gasteiger partial charge in [-0.1, -0.05) is 211 Å². The van der Waals surface area contributed by atoms with Crippen molar-refractivity contribution in [2.75, 3.05) is 41.0 Å². The number of likely N-dealkylation sites (N-methyl/N-ethyl adjacent to an activating group) is 1. The normalized spacial score (nSPS) is 13.1. The number of quaternary nitrogens is 1. The molecule has 65 heavy (non-hydrogen) atoms. The first kappa shape index (κ1) is 62.5. The number of carbonyl (C=O) groups is 3. The molecule has 0 amide bonds. The van der Waals surface area contributed by atoms with Crippen LogP contribution in [0.5, 0.6) is 0 Å². The van der Waals surface area contributed by atoms with Crippen molar-refractivity contribution in [1.29, 1.82) is 0 Å². The molecule has 8 heteroatoms. The Kier molecular flexibility index (Phi) is 46.2. The van der Waals surface area contributed by atoms with Gasteiger partial charge < -0.3 is 28.6 Å². The maximum absolute atomic E-state index is 12.8. The van der Waals surface area contributed by atoms with Gasteiger partial charge in [0.15, 0.2) is 6.10 Å². The topological polar surface area (TPSA) is 102 Å². The standard InChI is InChI=1S/C57H105NO7/c1-6-8-10-12-14-16-18-20-22-24-26-28-30-32-34-36-38-40-42-44-46-48-56(60)65-53(51-63-50-49-54(57(61)62)58(3,4)5)52-64-55(59)47-45-43-41-39-37-35-33-31-29-27-25-23-21-19-17-15-13-11-9-7-2/h17,19,21,23,28,30,53-54H,6-16,18,20,22,24-27,29,31-52H2,1-5H3/b19-17+,23-21+,30-28+. The van der Waals surface area contributed by atoms with Gasteiger partial charge in [0.25, 0.3) is 0 Å². The molecule has 0 aromatic heterocycles. The zero-order valence-corrected chi connectivity index (χ0v) is 43.4. The Bertz CT molecular complexity index is 1160. The fourth-order valence-corrected chi connectivity index (χ4v) is 8.24. The highest BCUT2D eigenvalue weighted by atomic mass is 16.6. The number of nitrogens with zero attached hydrogens (tertiary/aromatic N) is 1. The van der Waals surface area contributed by atoms with Crippen LogP contribution in [0.15, 0.2) is 36.5 Å². The Morgan fingerprint density at radius 2 is 0.815 bits per heavy atom. The number of hydrogen-bond donors (Lipinski definition) is 0. The van der Waals surface area contributed by atoms with Crippen LogP contribution in [0.4, 0.5) is 0 Å². The van der Waals surface area contributed by atoms with Crippen LogP contribution < -0.4 is 5.11 Å². The minimum absolute atomic E-state index is 0.0401. The minimum atomic E-state index is -1.12. The van der Waals surface area contributed by atoms with E-state index >= 15 is 0 Å². The highest BCUT2D eigenvalue weighted by Gasteiger charge is 2.25. The molecule has 0 rings (SSSR count). The Balaban J connectivity index is 4.20. The monoisotopic (exact) mass is 916 g/mol. The van der Waals surface area contributed by atoms with Gasteiger partial charge in [0.1, 0.15) is 12.6 Å². The molecule has 0 aromatic rings. The van der Waals surface area contributed by atoms with Gasteiger partial charge in [0.05, 0.1) is 40.3 Å². The zero-order valence-electron chi connectivity index (χ0n) is 43.4. The summed E-state index contributed by atoms with van der Waals surface area (Å²) < 4.78 is 17.3. The van der Waals surface area contributed by atoms with Crippen LogP contribution in [0.3, 0.4) is 0 Å². The number of aliphatic carboxylic acids is 1. The summed E-state index contributed by atoms with van der Waals surface area (Å²) in [5.41, 5.74) is 0. The number of carboxylic acids is 1. The molecule has 0 bridgehead atoms. The van der Waals surface area contributed by atoms with Crippen LogP contribution in [0.25, 0.3) is 0 Å². The molecule has 0 aliphatic heterocycles. The number of ether oxygens (including phenoxy) is 3. The lowest BCUT2D eigenvalue weighted by molar-refractivity contribution is -0.889. The molecule has 0 saturated heterocycles. The third-order valence-corrected chi connectivity index (χ3v) is 12.5. The summed E-state index contributed by atoms with van der Waals surface area (Å²) in [7, 11) is 5.42. The van der Waals surface area contributed by atoms with E-state index in [4.69, 9.17) is 14.2 Å². The molecule has 2 atom stereocenters. The van der Waals surface area contributed by atoms with E-state index in [2.05, 4.69) is 50.3 Å². The number of carboxylic acid groups (broad SMARTS) is 1. The van der Waals surface area contributed by atoms with E-state index in [9.17, 15) is 19.5 Å². The fourth-order valence-electron chi connectivity index (χ4n) is 8.24. The van der Waals surface area contributed by atoms with E-state index in [1.165, 1.54) is 186 Å². The molecular formula is C57H105NO7. The predicted molar refractivity (Wildman–Crippen MR) is 273 cm³/mol. The number of rotatable bonds is 50. The largest absolute Gasteiger partial charge is 0.544 e. The lowest BCUT2D eigenvalue weighted by Gasteiger charge is -2.34. The summed E-state index contributed by atoms with van der Waals surface area (Å²) in [6.07, 6.45) is 57.5. The van der Waals surface area contributed by atoms with Crippen molar-refractivity contribution < 1.29 is 38.2 Å². The van der Waals surface area contributed by atoms with Crippen molar-refractivity contribution in [3.8, 4) is 0 Å². The third kappa shape index (κ3) is 46.4. The minimum Gasteiger partial charge on any atom is -0.544 e. The molecule has 2 unspecified atom stereocenters. The highest BCUT2D eigenvalue weighted by Crippen LogP contribution is 2.16. The number of hydrogen-bond acceptors (Lipinski definition) is 7. The van der Waals surface area contributed by atoms with E-state index in [-0.39, 0.29) is 42.7 Å². The van der Waals surface area contributed by atoms with Crippen LogP contribution in [0.2, 0.25) is 0 Å². The molecule has 0 aromatic carbocycles. The maximum Gasteiger partial charge on any atom is 0.306 e. The third-order valence-electron chi connectivity index (χ3n) is 12.5. The average Bonchev–Trinajstić information content (AvgIpc) is 3.27. The van der Waals surface area contributed by atoms with Gasteiger partial charge in [-0.3, -0.25) is 9.59 Å². The first-order valence-electron chi connectivity index (χ1n) is 27.5.